The van der Waals surface area contributed by atoms with Crippen LogP contribution >= 0.6 is 0 Å². The molecule has 1 aliphatic heterocycles. The minimum atomic E-state index is -2.49. The summed E-state index contributed by atoms with van der Waals surface area (Å²) in [6.07, 6.45) is -7.49. The lowest BCUT2D eigenvalue weighted by Crippen LogP contribution is -2.53. The van der Waals surface area contributed by atoms with Gasteiger partial charge in [0.25, 0.3) is 5.91 Å². The number of nitrogens with one attached hydrogen (secondary N) is 1. The van der Waals surface area contributed by atoms with E-state index in [1.165, 1.54) is 25.3 Å². The Hall–Kier alpha value is -5.27. The Morgan fingerprint density at radius 1 is 1.00 bits per heavy atom. The highest BCUT2D eigenvalue weighted by molar-refractivity contribution is 6.31. The number of nitrogens with two attached hydrogens (primary N) is 2. The van der Waals surface area contributed by atoms with E-state index in [4.69, 9.17) is 30.4 Å². The molecule has 3 aliphatic rings. The van der Waals surface area contributed by atoms with E-state index in [0.717, 1.165) is 5.56 Å². The molecule has 6 rings (SSSR count). The Morgan fingerprint density at radius 3 is 2.33 bits per heavy atom. The maximum Gasteiger partial charge on any atom is 0.329 e. The number of ketones is 3. The number of phenolic OH excluding ortho intramolecular Hbond substituents is 2. The van der Waals surface area contributed by atoms with Crippen LogP contribution in [0.5, 0.6) is 17.2 Å². The number of aliphatic hydroxyl groups excluding tert-OH is 2. The maximum absolute atomic E-state index is 14.0. The van der Waals surface area contributed by atoms with Gasteiger partial charge in [0.05, 0.1) is 42.1 Å². The molecule has 1 heterocycles. The Kier molecular flexibility index (Phi) is 13.1. The number of carbonyl (C=O) groups is 5. The summed E-state index contributed by atoms with van der Waals surface area (Å²) in [5, 5.41) is 59.3. The molecule has 10 N–H and O–H groups in total. The molecule has 3 aromatic carbocycles. The average molecular weight is 834 g/mol. The minimum absolute atomic E-state index is 0.0453. The molecule has 9 atom stereocenters. The summed E-state index contributed by atoms with van der Waals surface area (Å²) >= 11 is 0. The van der Waals surface area contributed by atoms with E-state index in [2.05, 4.69) is 5.32 Å². The highest BCUT2D eigenvalue weighted by Gasteiger charge is 2.51. The molecule has 0 radical (unpaired) electrons. The molecule has 60 heavy (non-hydrogen) atoms. The number of hydrogen-bond acceptors (Lipinski definition) is 16. The number of carbonyl (C=O) groups excluding carboxylic acids is 5. The van der Waals surface area contributed by atoms with E-state index >= 15 is 0 Å². The third-order valence-electron chi connectivity index (χ3n) is 11.3. The number of amides is 1. The zero-order valence-electron chi connectivity index (χ0n) is 33.6. The van der Waals surface area contributed by atoms with Crippen LogP contribution in [-0.2, 0) is 41.4 Å². The molecule has 0 aromatic heterocycles. The van der Waals surface area contributed by atoms with Gasteiger partial charge in [-0.25, -0.2) is 4.79 Å². The zero-order chi connectivity index (χ0) is 43.8. The van der Waals surface area contributed by atoms with Crippen LogP contribution in [0.3, 0.4) is 0 Å². The van der Waals surface area contributed by atoms with Crippen LogP contribution in [0.1, 0.15) is 94.7 Å². The fourth-order valence-electron chi connectivity index (χ4n) is 8.11. The second kappa shape index (κ2) is 17.8. The van der Waals surface area contributed by atoms with E-state index in [0.29, 0.717) is 0 Å². The van der Waals surface area contributed by atoms with E-state index in [1.807, 2.05) is 6.07 Å². The van der Waals surface area contributed by atoms with Crippen molar-refractivity contribution in [1.82, 2.24) is 5.32 Å². The number of aliphatic hydroxyl groups is 3. The Bertz CT molecular complexity index is 2150. The second-order valence-corrected chi connectivity index (χ2v) is 16.1. The molecule has 0 saturated carbocycles. The highest BCUT2D eigenvalue weighted by Crippen LogP contribution is 2.52. The minimum Gasteiger partial charge on any atom is -0.507 e. The summed E-state index contributed by atoms with van der Waals surface area (Å²) in [4.78, 5) is 68.5. The number of phenols is 2. The number of hydrogen-bond donors (Lipinski definition) is 8. The van der Waals surface area contributed by atoms with Gasteiger partial charge in [-0.05, 0) is 37.3 Å². The second-order valence-electron chi connectivity index (χ2n) is 16.1. The molecule has 3 aromatic rings. The van der Waals surface area contributed by atoms with Gasteiger partial charge in [-0.15, -0.1) is 0 Å². The predicted molar refractivity (Wildman–Crippen MR) is 211 cm³/mol. The molecule has 17 nitrogen and oxygen atoms in total. The van der Waals surface area contributed by atoms with E-state index < -0.39 is 126 Å². The number of fused-ring (bicyclic) bond motifs is 3. The average Bonchev–Trinajstić information content (AvgIpc) is 3.21. The first-order chi connectivity index (χ1) is 28.4. The van der Waals surface area contributed by atoms with Gasteiger partial charge in [0, 0.05) is 48.0 Å². The normalized spacial score (nSPS) is 25.0. The Balaban J connectivity index is 1.28. The lowest BCUT2D eigenvalue weighted by molar-refractivity contribution is -0.247. The van der Waals surface area contributed by atoms with Gasteiger partial charge < -0.3 is 61.3 Å². The van der Waals surface area contributed by atoms with Crippen molar-refractivity contribution in [3.8, 4) is 17.2 Å². The van der Waals surface area contributed by atoms with E-state index in [-0.39, 0.29) is 53.2 Å². The molecule has 1 saturated heterocycles. The molecular weight excluding hydrogens is 782 g/mol. The highest BCUT2D eigenvalue weighted by atomic mass is 16.7. The lowest BCUT2D eigenvalue weighted by atomic mass is 9.72. The van der Waals surface area contributed by atoms with Crippen molar-refractivity contribution in [3.63, 3.8) is 0 Å². The number of ether oxygens (including phenoxy) is 4. The third-order valence-corrected chi connectivity index (χ3v) is 11.3. The molecule has 0 spiro atoms. The van der Waals surface area contributed by atoms with Crippen molar-refractivity contribution in [1.29, 1.82) is 0 Å². The number of esters is 1. The number of benzene rings is 3. The first-order valence-corrected chi connectivity index (χ1v) is 19.7. The van der Waals surface area contributed by atoms with E-state index in [9.17, 15) is 49.5 Å². The van der Waals surface area contributed by atoms with Crippen molar-refractivity contribution >= 4 is 29.2 Å². The van der Waals surface area contributed by atoms with Crippen molar-refractivity contribution in [2.75, 3.05) is 13.7 Å². The number of Topliss-reactive ketones (excluding diaryl/α,β-unsaturated/α-hetero) is 1. The summed E-state index contributed by atoms with van der Waals surface area (Å²) < 4.78 is 22.7. The summed E-state index contributed by atoms with van der Waals surface area (Å²) in [5.41, 5.74) is 8.68. The first kappa shape index (κ1) is 44.3. The molecular formula is C43H51N3O14. The summed E-state index contributed by atoms with van der Waals surface area (Å²) in [6, 6.07) is 10.1. The van der Waals surface area contributed by atoms with Crippen LogP contribution in [0.2, 0.25) is 0 Å². The van der Waals surface area contributed by atoms with Crippen molar-refractivity contribution in [2.24, 2.45) is 17.4 Å². The van der Waals surface area contributed by atoms with Crippen molar-refractivity contribution in [2.45, 2.75) is 107 Å². The smallest absolute Gasteiger partial charge is 0.329 e. The van der Waals surface area contributed by atoms with Gasteiger partial charge in [-0.1, -0.05) is 56.3 Å². The third kappa shape index (κ3) is 8.65. The van der Waals surface area contributed by atoms with Crippen LogP contribution in [0.4, 0.5) is 0 Å². The first-order valence-electron chi connectivity index (χ1n) is 19.7. The topological polar surface area (TPSA) is 287 Å². The zero-order valence-corrected chi connectivity index (χ0v) is 33.6. The largest absolute Gasteiger partial charge is 0.507 e. The molecule has 17 heteroatoms. The molecule has 2 aliphatic carbocycles. The van der Waals surface area contributed by atoms with Crippen LogP contribution in [0.15, 0.2) is 48.5 Å². The fourth-order valence-corrected chi connectivity index (χ4v) is 8.11. The molecule has 0 bridgehead atoms. The number of methoxy groups -OCH3 is 1. The monoisotopic (exact) mass is 833 g/mol. The van der Waals surface area contributed by atoms with Crippen molar-refractivity contribution < 1.29 is 68.5 Å². The van der Waals surface area contributed by atoms with Gasteiger partial charge in [0.15, 0.2) is 18.7 Å². The van der Waals surface area contributed by atoms with Gasteiger partial charge in [-0.3, -0.25) is 19.2 Å². The fraction of sp³-hybridized carbons (Fsp3) is 0.465. The molecule has 322 valence electrons. The van der Waals surface area contributed by atoms with Crippen LogP contribution in [0.25, 0.3) is 0 Å². The number of rotatable bonds is 14. The summed E-state index contributed by atoms with van der Waals surface area (Å²) in [5.74, 6) is -6.40. The van der Waals surface area contributed by atoms with Gasteiger partial charge in [0.1, 0.15) is 35.0 Å². The lowest BCUT2D eigenvalue weighted by Gasteiger charge is -2.42. The Labute approximate surface area is 345 Å². The van der Waals surface area contributed by atoms with Crippen LogP contribution in [0, 0.1) is 5.92 Å². The van der Waals surface area contributed by atoms with Gasteiger partial charge in [0.2, 0.25) is 11.6 Å². The molecule has 0 unspecified atom stereocenters. The SMILES string of the molecule is COc1cccc2c1C(=O)c1c(O)c3c(c(O)c1C2=O)C[C@@](O)(C(=O)COC(=O)[C@H](CC(C)C)NC(=O)[C@@H](O)[C@H](N)Cc1ccccc1)C[C@@H]3O[C@H]1C[C@H](N)[C@H](O)[C@H](C)O1. The van der Waals surface area contributed by atoms with Gasteiger partial charge in [-0.2, -0.15) is 0 Å². The van der Waals surface area contributed by atoms with Gasteiger partial charge >= 0.3 is 5.97 Å². The standard InChI is InChI=1S/C43H51N3O14/c1-19(2)13-26(46-41(54)38(51)24(44)14-21-9-6-5-7-10-21)42(55)58-18-29(47)43(56)16-23-32(28(17-43)60-30-15-25(45)35(48)20(3)59-30)40(53)34-33(37(23)50)36(49)22-11-8-12-27(57-4)31(22)39(34)52/h5-12,19-20,24-26,28,30,35,38,48,50-51,53,56H,13-18,44-45H2,1-4H3,(H,46,54)/t20-,24+,25-,26-,28-,30-,35+,38-,43-/m0/s1. The summed E-state index contributed by atoms with van der Waals surface area (Å²) in [6.45, 7) is 4.06. The summed E-state index contributed by atoms with van der Waals surface area (Å²) in [7, 11) is 1.30. The van der Waals surface area contributed by atoms with Crippen LogP contribution < -0.4 is 21.5 Å². The predicted octanol–water partition coefficient (Wildman–Crippen LogP) is 1.01. The number of aromatic hydroxyl groups is 2. The van der Waals surface area contributed by atoms with E-state index in [1.54, 1.807) is 45.0 Å². The Morgan fingerprint density at radius 2 is 1.68 bits per heavy atom. The van der Waals surface area contributed by atoms with Crippen molar-refractivity contribution in [3.05, 3.63) is 87.5 Å². The molecule has 1 amide bonds. The maximum atomic E-state index is 14.0. The quantitative estimate of drug-likeness (QED) is 0.0650. The molecule has 1 fully saturated rings. The van der Waals surface area contributed by atoms with Crippen LogP contribution in [-0.4, -0.2) is 117 Å².